The maximum Gasteiger partial charge on any atom is -0.00205 e. The Hall–Kier alpha value is -0.0800. The van der Waals surface area contributed by atoms with E-state index in [1.807, 2.05) is 0 Å². The summed E-state index contributed by atoms with van der Waals surface area (Å²) in [5, 5.41) is 3.51. The molecule has 0 radical (unpaired) electrons. The average Bonchev–Trinajstić information content (AvgIpc) is 2.38. The molecule has 0 amide bonds. The van der Waals surface area contributed by atoms with E-state index in [2.05, 4.69) is 5.32 Å². The van der Waals surface area contributed by atoms with E-state index in [4.69, 9.17) is 5.73 Å². The number of hydrogen-bond acceptors (Lipinski definition) is 2. The first-order chi connectivity index (χ1) is 8.43. The zero-order valence-electron chi connectivity index (χ0n) is 11.6. The van der Waals surface area contributed by atoms with Crippen LogP contribution in [0.5, 0.6) is 0 Å². The van der Waals surface area contributed by atoms with Crippen molar-refractivity contribution in [1.82, 2.24) is 5.32 Å². The van der Waals surface area contributed by atoms with Gasteiger partial charge in [-0.05, 0) is 51.2 Å². The van der Waals surface area contributed by atoms with E-state index in [9.17, 15) is 0 Å². The molecule has 1 saturated heterocycles. The van der Waals surface area contributed by atoms with E-state index in [0.717, 1.165) is 12.5 Å². The van der Waals surface area contributed by atoms with Gasteiger partial charge in [0.1, 0.15) is 0 Å². The molecule has 0 aromatic heterocycles. The molecular weight excluding hydrogens is 208 g/mol. The summed E-state index contributed by atoms with van der Waals surface area (Å²) in [6.45, 7) is 3.40. The van der Waals surface area contributed by atoms with Crippen LogP contribution in [0.25, 0.3) is 0 Å². The van der Waals surface area contributed by atoms with Gasteiger partial charge < -0.3 is 11.1 Å². The highest BCUT2D eigenvalue weighted by molar-refractivity contribution is 4.68. The van der Waals surface area contributed by atoms with E-state index < -0.39 is 0 Å². The SMILES string of the molecule is NCCCCCCCCCC[C@H]1CCCNC1. The van der Waals surface area contributed by atoms with Crippen LogP contribution in [0, 0.1) is 5.92 Å². The second-order valence-corrected chi connectivity index (χ2v) is 5.62. The predicted molar refractivity (Wildman–Crippen MR) is 76.2 cm³/mol. The first-order valence-corrected chi connectivity index (χ1v) is 7.84. The highest BCUT2D eigenvalue weighted by Crippen LogP contribution is 2.18. The first-order valence-electron chi connectivity index (χ1n) is 7.84. The van der Waals surface area contributed by atoms with Gasteiger partial charge in [-0.25, -0.2) is 0 Å². The summed E-state index contributed by atoms with van der Waals surface area (Å²) < 4.78 is 0. The van der Waals surface area contributed by atoms with Crippen LogP contribution in [-0.2, 0) is 0 Å². The van der Waals surface area contributed by atoms with E-state index in [1.165, 1.54) is 83.7 Å². The number of unbranched alkanes of at least 4 members (excludes halogenated alkanes) is 7. The average molecular weight is 240 g/mol. The van der Waals surface area contributed by atoms with Crippen LogP contribution in [0.3, 0.4) is 0 Å². The molecule has 0 bridgehead atoms. The smallest absolute Gasteiger partial charge is 0.00205 e. The van der Waals surface area contributed by atoms with Gasteiger partial charge in [0.05, 0.1) is 0 Å². The van der Waals surface area contributed by atoms with Crippen LogP contribution in [-0.4, -0.2) is 19.6 Å². The third kappa shape index (κ3) is 8.62. The summed E-state index contributed by atoms with van der Waals surface area (Å²) in [4.78, 5) is 0. The number of nitrogens with two attached hydrogens (primary N) is 1. The third-order valence-electron chi connectivity index (χ3n) is 3.97. The highest BCUT2D eigenvalue weighted by Gasteiger charge is 2.11. The zero-order valence-corrected chi connectivity index (χ0v) is 11.6. The highest BCUT2D eigenvalue weighted by atomic mass is 14.9. The summed E-state index contributed by atoms with van der Waals surface area (Å²) in [6.07, 6.45) is 15.5. The lowest BCUT2D eigenvalue weighted by atomic mass is 9.93. The third-order valence-corrected chi connectivity index (χ3v) is 3.97. The molecule has 0 aliphatic carbocycles. The quantitative estimate of drug-likeness (QED) is 0.574. The maximum atomic E-state index is 5.47. The first kappa shape index (κ1) is 15.0. The van der Waals surface area contributed by atoms with Crippen molar-refractivity contribution in [2.45, 2.75) is 70.6 Å². The normalized spacial score (nSPS) is 20.6. The Morgan fingerprint density at radius 2 is 1.53 bits per heavy atom. The minimum atomic E-state index is 0.870. The lowest BCUT2D eigenvalue weighted by Gasteiger charge is -2.22. The Morgan fingerprint density at radius 3 is 2.12 bits per heavy atom. The molecule has 102 valence electrons. The monoisotopic (exact) mass is 240 g/mol. The summed E-state index contributed by atoms with van der Waals surface area (Å²) in [5.41, 5.74) is 5.47. The maximum absolute atomic E-state index is 5.47. The van der Waals surface area contributed by atoms with Crippen molar-refractivity contribution in [2.24, 2.45) is 11.7 Å². The van der Waals surface area contributed by atoms with Gasteiger partial charge in [-0.2, -0.15) is 0 Å². The van der Waals surface area contributed by atoms with Gasteiger partial charge in [-0.1, -0.05) is 44.9 Å². The predicted octanol–water partition coefficient (Wildman–Crippen LogP) is 3.46. The fraction of sp³-hybridized carbons (Fsp3) is 1.00. The van der Waals surface area contributed by atoms with Crippen LogP contribution >= 0.6 is 0 Å². The van der Waals surface area contributed by atoms with E-state index >= 15 is 0 Å². The topological polar surface area (TPSA) is 38.0 Å². The van der Waals surface area contributed by atoms with Gasteiger partial charge in [0.15, 0.2) is 0 Å². The van der Waals surface area contributed by atoms with E-state index in [-0.39, 0.29) is 0 Å². The lowest BCUT2D eigenvalue weighted by molar-refractivity contribution is 0.345. The molecule has 1 atom stereocenters. The summed E-state index contributed by atoms with van der Waals surface area (Å²) in [6, 6.07) is 0. The Morgan fingerprint density at radius 1 is 0.882 bits per heavy atom. The second kappa shape index (κ2) is 11.0. The van der Waals surface area contributed by atoms with Crippen LogP contribution < -0.4 is 11.1 Å². The van der Waals surface area contributed by atoms with Gasteiger partial charge in [0.25, 0.3) is 0 Å². The molecule has 0 unspecified atom stereocenters. The standard InChI is InChI=1S/C15H32N2/c16-12-8-6-4-2-1-3-5-7-10-15-11-9-13-17-14-15/h15,17H,1-14,16H2/t15-/m0/s1. The molecule has 1 fully saturated rings. The second-order valence-electron chi connectivity index (χ2n) is 5.62. The number of hydrogen-bond donors (Lipinski definition) is 2. The fourth-order valence-electron chi connectivity index (χ4n) is 2.81. The Balaban J connectivity index is 1.75. The molecular formula is C15H32N2. The molecule has 1 heterocycles. The van der Waals surface area contributed by atoms with Gasteiger partial charge in [-0.15, -0.1) is 0 Å². The van der Waals surface area contributed by atoms with Gasteiger partial charge in [0, 0.05) is 0 Å². The summed E-state index contributed by atoms with van der Waals surface area (Å²) in [5.74, 6) is 0.980. The molecule has 1 aliphatic rings. The van der Waals surface area contributed by atoms with Crippen molar-refractivity contribution < 1.29 is 0 Å². The van der Waals surface area contributed by atoms with Crippen LogP contribution in [0.4, 0.5) is 0 Å². The van der Waals surface area contributed by atoms with Crippen LogP contribution in [0.1, 0.15) is 70.6 Å². The van der Waals surface area contributed by atoms with Crippen molar-refractivity contribution in [1.29, 1.82) is 0 Å². The fourth-order valence-corrected chi connectivity index (χ4v) is 2.81. The number of rotatable bonds is 10. The molecule has 1 rings (SSSR count). The van der Waals surface area contributed by atoms with E-state index in [0.29, 0.717) is 0 Å². The minimum absolute atomic E-state index is 0.870. The molecule has 17 heavy (non-hydrogen) atoms. The Kier molecular flexibility index (Phi) is 9.72. The van der Waals surface area contributed by atoms with Crippen molar-refractivity contribution in [3.8, 4) is 0 Å². The van der Waals surface area contributed by atoms with Gasteiger partial charge in [0.2, 0.25) is 0 Å². The van der Waals surface area contributed by atoms with Gasteiger partial charge >= 0.3 is 0 Å². The molecule has 1 aliphatic heterocycles. The van der Waals surface area contributed by atoms with Crippen LogP contribution in [0.15, 0.2) is 0 Å². The van der Waals surface area contributed by atoms with Crippen LogP contribution in [0.2, 0.25) is 0 Å². The molecule has 2 heteroatoms. The Labute approximate surface area is 108 Å². The van der Waals surface area contributed by atoms with E-state index in [1.54, 1.807) is 0 Å². The molecule has 3 N–H and O–H groups in total. The summed E-state index contributed by atoms with van der Waals surface area (Å²) >= 11 is 0. The van der Waals surface area contributed by atoms with Crippen molar-refractivity contribution in [3.05, 3.63) is 0 Å². The summed E-state index contributed by atoms with van der Waals surface area (Å²) in [7, 11) is 0. The molecule has 0 aromatic carbocycles. The number of piperidine rings is 1. The molecule has 0 spiro atoms. The molecule has 2 nitrogen and oxygen atoms in total. The largest absolute Gasteiger partial charge is 0.330 e. The Bertz CT molecular complexity index is 153. The minimum Gasteiger partial charge on any atom is -0.330 e. The lowest BCUT2D eigenvalue weighted by Crippen LogP contribution is -2.29. The number of nitrogens with one attached hydrogen (secondary N) is 1. The zero-order chi connectivity index (χ0) is 12.2. The van der Waals surface area contributed by atoms with Gasteiger partial charge in [-0.3, -0.25) is 0 Å². The van der Waals surface area contributed by atoms with Crippen molar-refractivity contribution in [3.63, 3.8) is 0 Å². The van der Waals surface area contributed by atoms with Crippen molar-refractivity contribution >= 4 is 0 Å². The molecule has 0 aromatic rings. The molecule has 0 saturated carbocycles. The van der Waals surface area contributed by atoms with Crippen molar-refractivity contribution in [2.75, 3.05) is 19.6 Å².